The van der Waals surface area contributed by atoms with Crippen molar-refractivity contribution in [3.8, 4) is 33.5 Å². The van der Waals surface area contributed by atoms with Crippen LogP contribution in [0.15, 0.2) is 67.4 Å². The Bertz CT molecular complexity index is 1750. The van der Waals surface area contributed by atoms with E-state index in [4.69, 9.17) is 5.11 Å². The minimum absolute atomic E-state index is 0.0925. The Morgan fingerprint density at radius 3 is 2.47 bits per heavy atom. The molecule has 0 radical (unpaired) electrons. The lowest BCUT2D eigenvalue weighted by Crippen LogP contribution is -2.19. The van der Waals surface area contributed by atoms with Crippen LogP contribution in [0.3, 0.4) is 0 Å². The summed E-state index contributed by atoms with van der Waals surface area (Å²) in [6.45, 7) is -0.214. The van der Waals surface area contributed by atoms with Gasteiger partial charge in [-0.05, 0) is 35.4 Å². The van der Waals surface area contributed by atoms with E-state index in [-0.39, 0.29) is 24.6 Å². The van der Waals surface area contributed by atoms with Crippen molar-refractivity contribution in [1.82, 2.24) is 24.4 Å². The first kappa shape index (κ1) is 25.6. The number of nitrogens with zero attached hydrogens (tertiary/aromatic N) is 5. The van der Waals surface area contributed by atoms with Gasteiger partial charge in [0.1, 0.15) is 11.5 Å². The fourth-order valence-corrected chi connectivity index (χ4v) is 5.03. The molecule has 9 nitrogen and oxygen atoms in total. The number of halogens is 2. The van der Waals surface area contributed by atoms with Gasteiger partial charge >= 0.3 is 0 Å². The lowest BCUT2D eigenvalue weighted by molar-refractivity contribution is 0.0783. The van der Waals surface area contributed by atoms with Crippen LogP contribution in [0.1, 0.15) is 5.56 Å². The summed E-state index contributed by atoms with van der Waals surface area (Å²) in [5.74, 6) is -1.94. The number of aliphatic hydroxyl groups excluding tert-OH is 2. The third kappa shape index (κ3) is 5.47. The molecule has 1 atom stereocenters. The van der Waals surface area contributed by atoms with Gasteiger partial charge in [0, 0.05) is 47.0 Å². The molecule has 4 heterocycles. The van der Waals surface area contributed by atoms with Crippen LogP contribution in [0.25, 0.3) is 39.0 Å². The Morgan fingerprint density at radius 2 is 1.74 bits per heavy atom. The predicted octanol–water partition coefficient (Wildman–Crippen LogP) is 3.10. The Labute approximate surface area is 216 Å². The summed E-state index contributed by atoms with van der Waals surface area (Å²) >= 11 is 0. The second kappa shape index (κ2) is 10.0. The first-order valence-electron chi connectivity index (χ1n) is 11.5. The number of benzene rings is 1. The molecule has 0 spiro atoms. The van der Waals surface area contributed by atoms with E-state index in [0.29, 0.717) is 27.8 Å². The maximum Gasteiger partial charge on any atom is 0.152 e. The molecule has 0 fully saturated rings. The number of aromatic nitrogens is 5. The molecule has 38 heavy (non-hydrogen) atoms. The number of sulfone groups is 1. The SMILES string of the molecule is CS(=O)(=O)Cc1cc(-c2ncc(F)cc2F)cc(-c2cnn3cc(-c4cnn(CC(O)CO)c4)ccc23)c1. The van der Waals surface area contributed by atoms with Crippen molar-refractivity contribution in [3.63, 3.8) is 0 Å². The van der Waals surface area contributed by atoms with Crippen molar-refractivity contribution in [2.75, 3.05) is 12.9 Å². The van der Waals surface area contributed by atoms with E-state index in [9.17, 15) is 22.3 Å². The highest BCUT2D eigenvalue weighted by Crippen LogP contribution is 2.32. The highest BCUT2D eigenvalue weighted by atomic mass is 32.2. The van der Waals surface area contributed by atoms with Crippen molar-refractivity contribution in [2.45, 2.75) is 18.4 Å². The van der Waals surface area contributed by atoms with E-state index in [1.165, 1.54) is 10.7 Å². The van der Waals surface area contributed by atoms with Crippen LogP contribution in [0, 0.1) is 11.6 Å². The minimum atomic E-state index is -3.40. The molecule has 4 aromatic heterocycles. The van der Waals surface area contributed by atoms with E-state index >= 15 is 0 Å². The van der Waals surface area contributed by atoms with Crippen molar-refractivity contribution < 1.29 is 27.4 Å². The zero-order valence-electron chi connectivity index (χ0n) is 20.2. The van der Waals surface area contributed by atoms with Crippen LogP contribution in [0.5, 0.6) is 0 Å². The Hall–Kier alpha value is -4.00. The van der Waals surface area contributed by atoms with Crippen LogP contribution >= 0.6 is 0 Å². The zero-order chi connectivity index (χ0) is 27.0. The Morgan fingerprint density at radius 1 is 0.947 bits per heavy atom. The monoisotopic (exact) mass is 539 g/mol. The van der Waals surface area contributed by atoms with Crippen LogP contribution in [-0.4, -0.2) is 62.0 Å². The molecule has 0 aliphatic heterocycles. The maximum atomic E-state index is 14.6. The van der Waals surface area contributed by atoms with Gasteiger partial charge in [0.25, 0.3) is 0 Å². The molecule has 1 aromatic carbocycles. The Kier molecular flexibility index (Phi) is 6.78. The molecule has 0 aliphatic rings. The van der Waals surface area contributed by atoms with Gasteiger partial charge < -0.3 is 10.2 Å². The first-order valence-corrected chi connectivity index (χ1v) is 13.6. The van der Waals surface area contributed by atoms with E-state index in [2.05, 4.69) is 15.2 Å². The maximum absolute atomic E-state index is 14.6. The molecule has 1 unspecified atom stereocenters. The molecule has 0 saturated heterocycles. The van der Waals surface area contributed by atoms with Gasteiger partial charge in [-0.3, -0.25) is 9.67 Å². The summed E-state index contributed by atoms with van der Waals surface area (Å²) in [5.41, 5.74) is 4.23. The minimum Gasteiger partial charge on any atom is -0.394 e. The fraction of sp³-hybridized carbons (Fsp3) is 0.192. The second-order valence-electron chi connectivity index (χ2n) is 9.07. The quantitative estimate of drug-likeness (QED) is 0.311. The summed E-state index contributed by atoms with van der Waals surface area (Å²) in [5, 5.41) is 27.3. The van der Waals surface area contributed by atoms with E-state index in [0.717, 1.165) is 29.6 Å². The highest BCUT2D eigenvalue weighted by molar-refractivity contribution is 7.89. The van der Waals surface area contributed by atoms with Crippen molar-refractivity contribution in [1.29, 1.82) is 0 Å². The Balaban J connectivity index is 1.56. The first-order chi connectivity index (χ1) is 18.1. The predicted molar refractivity (Wildman–Crippen MR) is 137 cm³/mol. The van der Waals surface area contributed by atoms with Gasteiger partial charge in [-0.2, -0.15) is 10.2 Å². The van der Waals surface area contributed by atoms with E-state index < -0.39 is 27.6 Å². The summed E-state index contributed by atoms with van der Waals surface area (Å²) in [7, 11) is -3.40. The number of aliphatic hydroxyl groups is 2. The van der Waals surface area contributed by atoms with Gasteiger partial charge in [-0.25, -0.2) is 21.7 Å². The van der Waals surface area contributed by atoms with Gasteiger partial charge in [0.15, 0.2) is 15.7 Å². The average molecular weight is 540 g/mol. The molecular formula is C26H23F2N5O4S. The molecule has 196 valence electrons. The molecule has 2 N–H and O–H groups in total. The summed E-state index contributed by atoms with van der Waals surface area (Å²) in [6.07, 6.45) is 7.91. The summed E-state index contributed by atoms with van der Waals surface area (Å²) in [4.78, 5) is 3.88. The van der Waals surface area contributed by atoms with Gasteiger partial charge in [0.05, 0.1) is 49.1 Å². The van der Waals surface area contributed by atoms with Crippen LogP contribution in [-0.2, 0) is 22.1 Å². The summed E-state index contributed by atoms with van der Waals surface area (Å²) in [6, 6.07) is 9.34. The molecule has 5 aromatic rings. The lowest BCUT2D eigenvalue weighted by Gasteiger charge is -2.10. The number of fused-ring (bicyclic) bond motifs is 1. The standard InChI is InChI=1S/C26H23F2N5O4S/c1-38(36,37)15-16-4-18(6-19(5-16)26-24(28)7-21(27)9-29-26)23-10-31-33-12-17(2-3-25(23)33)20-8-30-32(11-20)13-22(35)14-34/h2-12,22,34-35H,13-15H2,1H3. The molecule has 0 aliphatic carbocycles. The topological polar surface area (TPSA) is 123 Å². The molecule has 5 rings (SSSR count). The van der Waals surface area contributed by atoms with Crippen molar-refractivity contribution in [3.05, 3.63) is 84.6 Å². The van der Waals surface area contributed by atoms with Crippen molar-refractivity contribution in [2.24, 2.45) is 0 Å². The fourth-order valence-electron chi connectivity index (χ4n) is 4.26. The van der Waals surface area contributed by atoms with E-state index in [1.807, 2.05) is 12.1 Å². The summed E-state index contributed by atoms with van der Waals surface area (Å²) < 4.78 is 55.3. The van der Waals surface area contributed by atoms with Gasteiger partial charge in [0.2, 0.25) is 0 Å². The van der Waals surface area contributed by atoms with Crippen LogP contribution < -0.4 is 0 Å². The number of hydrogen-bond acceptors (Lipinski definition) is 7. The molecular weight excluding hydrogens is 516 g/mol. The number of rotatable bonds is 8. The van der Waals surface area contributed by atoms with Crippen LogP contribution in [0.4, 0.5) is 8.78 Å². The van der Waals surface area contributed by atoms with Crippen molar-refractivity contribution >= 4 is 15.4 Å². The zero-order valence-corrected chi connectivity index (χ0v) is 21.0. The average Bonchev–Trinajstić information content (AvgIpc) is 3.49. The smallest absolute Gasteiger partial charge is 0.152 e. The third-order valence-electron chi connectivity index (χ3n) is 5.91. The molecule has 12 heteroatoms. The molecule has 0 amide bonds. The normalized spacial score (nSPS) is 12.8. The molecule has 0 saturated carbocycles. The number of hydrogen-bond donors (Lipinski definition) is 2. The lowest BCUT2D eigenvalue weighted by atomic mass is 9.99. The molecule has 0 bridgehead atoms. The van der Waals surface area contributed by atoms with Gasteiger partial charge in [-0.15, -0.1) is 0 Å². The van der Waals surface area contributed by atoms with E-state index in [1.54, 1.807) is 41.4 Å². The highest BCUT2D eigenvalue weighted by Gasteiger charge is 2.16. The number of pyridine rings is 2. The van der Waals surface area contributed by atoms with Crippen LogP contribution in [0.2, 0.25) is 0 Å². The van der Waals surface area contributed by atoms with Gasteiger partial charge in [-0.1, -0.05) is 6.07 Å². The second-order valence-corrected chi connectivity index (χ2v) is 11.2. The third-order valence-corrected chi connectivity index (χ3v) is 6.76. The largest absolute Gasteiger partial charge is 0.394 e.